The fourth-order valence-electron chi connectivity index (χ4n) is 3.05. The number of amides is 3. The molecule has 0 aromatic heterocycles. The van der Waals surface area contributed by atoms with Gasteiger partial charge in [-0.25, -0.2) is 13.2 Å². The van der Waals surface area contributed by atoms with Gasteiger partial charge in [0.15, 0.2) is 0 Å². The highest BCUT2D eigenvalue weighted by atomic mass is 35.5. The Labute approximate surface area is 194 Å². The number of anilines is 2. The van der Waals surface area contributed by atoms with E-state index in [4.69, 9.17) is 11.6 Å². The van der Waals surface area contributed by atoms with Crippen LogP contribution >= 0.6 is 11.6 Å². The molecule has 1 unspecified atom stereocenters. The minimum atomic E-state index is -3.72. The van der Waals surface area contributed by atoms with Gasteiger partial charge in [0.25, 0.3) is 0 Å². The van der Waals surface area contributed by atoms with E-state index in [9.17, 15) is 18.0 Å². The van der Waals surface area contributed by atoms with Gasteiger partial charge in [-0.1, -0.05) is 57.5 Å². The van der Waals surface area contributed by atoms with Gasteiger partial charge in [-0.15, -0.1) is 0 Å². The third-order valence-electron chi connectivity index (χ3n) is 4.81. The fourth-order valence-corrected chi connectivity index (χ4v) is 4.70. The van der Waals surface area contributed by atoms with Crippen molar-refractivity contribution >= 4 is 44.9 Å². The van der Waals surface area contributed by atoms with E-state index in [2.05, 4.69) is 16.0 Å². The number of hydrogen-bond donors (Lipinski definition) is 3. The zero-order chi connectivity index (χ0) is 23.9. The number of rotatable bonds is 9. The Balaban J connectivity index is 2.20. The number of nitrogens with one attached hydrogen (secondary N) is 3. The van der Waals surface area contributed by atoms with E-state index in [0.717, 1.165) is 0 Å². The predicted molar refractivity (Wildman–Crippen MR) is 127 cm³/mol. The number of nitrogens with zero attached hydrogens (tertiary/aromatic N) is 1. The molecule has 0 fully saturated rings. The van der Waals surface area contributed by atoms with Gasteiger partial charge < -0.3 is 16.0 Å². The standard InChI is InChI=1S/C22H29ClN4O4S/c1-5-27(6-2)32(30,31)17-12-13-18(23)19(14-17)25-21(28)20(15(3)4)26-22(29)24-16-10-8-7-9-11-16/h7-15,20H,5-6H2,1-4H3,(H,25,28)(H2,24,26,29). The summed E-state index contributed by atoms with van der Waals surface area (Å²) < 4.78 is 26.9. The lowest BCUT2D eigenvalue weighted by Gasteiger charge is -2.23. The first-order chi connectivity index (χ1) is 15.1. The number of benzene rings is 2. The molecule has 0 radical (unpaired) electrons. The lowest BCUT2D eigenvalue weighted by atomic mass is 10.0. The molecule has 0 heterocycles. The molecule has 3 amide bonds. The summed E-state index contributed by atoms with van der Waals surface area (Å²) in [6.07, 6.45) is 0. The molecule has 0 aliphatic carbocycles. The van der Waals surface area contributed by atoms with Gasteiger partial charge >= 0.3 is 6.03 Å². The molecule has 0 saturated carbocycles. The summed E-state index contributed by atoms with van der Waals surface area (Å²) in [6.45, 7) is 7.71. The predicted octanol–water partition coefficient (Wildman–Crippen LogP) is 4.16. The number of halogens is 1. The van der Waals surface area contributed by atoms with Crippen molar-refractivity contribution in [2.24, 2.45) is 5.92 Å². The summed E-state index contributed by atoms with van der Waals surface area (Å²) in [5.74, 6) is -0.750. The molecule has 3 N–H and O–H groups in total. The van der Waals surface area contributed by atoms with Gasteiger partial charge in [0, 0.05) is 18.8 Å². The van der Waals surface area contributed by atoms with Crippen LogP contribution in [0, 0.1) is 5.92 Å². The van der Waals surface area contributed by atoms with E-state index in [1.807, 2.05) is 6.07 Å². The second-order valence-electron chi connectivity index (χ2n) is 7.41. The van der Waals surface area contributed by atoms with Crippen LogP contribution in [0.5, 0.6) is 0 Å². The van der Waals surface area contributed by atoms with Gasteiger partial charge in [-0.3, -0.25) is 4.79 Å². The minimum Gasteiger partial charge on any atom is -0.326 e. The summed E-state index contributed by atoms with van der Waals surface area (Å²) >= 11 is 6.21. The van der Waals surface area contributed by atoms with E-state index < -0.39 is 28.0 Å². The number of urea groups is 1. The minimum absolute atomic E-state index is 0.0248. The maximum absolute atomic E-state index is 12.9. The molecule has 0 bridgehead atoms. The van der Waals surface area contributed by atoms with Crippen molar-refractivity contribution in [1.82, 2.24) is 9.62 Å². The SMILES string of the molecule is CCN(CC)S(=O)(=O)c1ccc(Cl)c(NC(=O)C(NC(=O)Nc2ccccc2)C(C)C)c1. The first-order valence-corrected chi connectivity index (χ1v) is 12.1. The first-order valence-electron chi connectivity index (χ1n) is 10.3. The van der Waals surface area contributed by atoms with E-state index in [0.29, 0.717) is 18.8 Å². The Bertz CT molecular complexity index is 1040. The topological polar surface area (TPSA) is 108 Å². The Morgan fingerprint density at radius 3 is 2.19 bits per heavy atom. The molecule has 2 aromatic carbocycles. The van der Waals surface area contributed by atoms with Gasteiger partial charge in [0.1, 0.15) is 6.04 Å². The fraction of sp³-hybridized carbons (Fsp3) is 0.364. The Morgan fingerprint density at radius 1 is 1.00 bits per heavy atom. The van der Waals surface area contributed by atoms with Crippen LogP contribution in [-0.4, -0.2) is 43.8 Å². The Hall–Kier alpha value is -2.62. The smallest absolute Gasteiger partial charge is 0.319 e. The second kappa shape index (κ2) is 11.3. The molecular formula is C22H29ClN4O4S. The number of carbonyl (C=O) groups excluding carboxylic acids is 2. The van der Waals surface area contributed by atoms with Crippen molar-refractivity contribution < 1.29 is 18.0 Å². The maximum Gasteiger partial charge on any atom is 0.319 e. The van der Waals surface area contributed by atoms with Crippen molar-refractivity contribution in [2.75, 3.05) is 23.7 Å². The zero-order valence-electron chi connectivity index (χ0n) is 18.6. The molecule has 0 aliphatic heterocycles. The maximum atomic E-state index is 12.9. The largest absolute Gasteiger partial charge is 0.326 e. The van der Waals surface area contributed by atoms with Gasteiger partial charge in [0.2, 0.25) is 15.9 Å². The van der Waals surface area contributed by atoms with Crippen LogP contribution in [-0.2, 0) is 14.8 Å². The molecular weight excluding hydrogens is 452 g/mol. The quantitative estimate of drug-likeness (QED) is 0.500. The molecule has 0 saturated heterocycles. The molecule has 2 aromatic rings. The van der Waals surface area contributed by atoms with Crippen molar-refractivity contribution in [3.63, 3.8) is 0 Å². The third kappa shape index (κ3) is 6.44. The third-order valence-corrected chi connectivity index (χ3v) is 7.18. The molecule has 0 spiro atoms. The molecule has 0 aliphatic rings. The van der Waals surface area contributed by atoms with Crippen molar-refractivity contribution in [1.29, 1.82) is 0 Å². The highest BCUT2D eigenvalue weighted by molar-refractivity contribution is 7.89. The van der Waals surface area contributed by atoms with Crippen LogP contribution in [0.25, 0.3) is 0 Å². The molecule has 1 atom stereocenters. The number of sulfonamides is 1. The zero-order valence-corrected chi connectivity index (χ0v) is 20.1. The number of hydrogen-bond acceptors (Lipinski definition) is 4. The number of carbonyl (C=O) groups is 2. The lowest BCUT2D eigenvalue weighted by Crippen LogP contribution is -2.48. The normalized spacial score (nSPS) is 12.5. The summed E-state index contributed by atoms with van der Waals surface area (Å²) in [6, 6.07) is 11.6. The van der Waals surface area contributed by atoms with Gasteiger partial charge in [-0.2, -0.15) is 4.31 Å². The van der Waals surface area contributed by atoms with Crippen LogP contribution in [0.4, 0.5) is 16.2 Å². The molecule has 8 nitrogen and oxygen atoms in total. The van der Waals surface area contributed by atoms with Crippen molar-refractivity contribution in [3.05, 3.63) is 53.6 Å². The van der Waals surface area contributed by atoms with Gasteiger partial charge in [0.05, 0.1) is 15.6 Å². The van der Waals surface area contributed by atoms with E-state index in [1.54, 1.807) is 52.0 Å². The Kier molecular flexibility index (Phi) is 9.06. The Morgan fingerprint density at radius 2 is 1.62 bits per heavy atom. The van der Waals surface area contributed by atoms with Crippen LogP contribution in [0.1, 0.15) is 27.7 Å². The molecule has 2 rings (SSSR count). The summed E-state index contributed by atoms with van der Waals surface area (Å²) in [5, 5.41) is 8.16. The van der Waals surface area contributed by atoms with Crippen LogP contribution in [0.2, 0.25) is 5.02 Å². The van der Waals surface area contributed by atoms with Crippen LogP contribution in [0.3, 0.4) is 0 Å². The highest BCUT2D eigenvalue weighted by Crippen LogP contribution is 2.27. The van der Waals surface area contributed by atoms with Crippen LogP contribution < -0.4 is 16.0 Å². The van der Waals surface area contributed by atoms with Crippen molar-refractivity contribution in [3.8, 4) is 0 Å². The van der Waals surface area contributed by atoms with Crippen LogP contribution in [0.15, 0.2) is 53.4 Å². The summed E-state index contributed by atoms with van der Waals surface area (Å²) in [7, 11) is -3.72. The summed E-state index contributed by atoms with van der Waals surface area (Å²) in [4.78, 5) is 25.3. The van der Waals surface area contributed by atoms with Gasteiger partial charge in [-0.05, 0) is 36.2 Å². The van der Waals surface area contributed by atoms with E-state index in [-0.39, 0.29) is 21.5 Å². The monoisotopic (exact) mass is 480 g/mol. The summed E-state index contributed by atoms with van der Waals surface area (Å²) in [5.41, 5.74) is 0.742. The number of para-hydroxylation sites is 1. The molecule has 10 heteroatoms. The molecule has 174 valence electrons. The van der Waals surface area contributed by atoms with E-state index in [1.165, 1.54) is 22.5 Å². The molecule has 32 heavy (non-hydrogen) atoms. The first kappa shape index (κ1) is 25.6. The average molecular weight is 481 g/mol. The lowest BCUT2D eigenvalue weighted by molar-refractivity contribution is -0.118. The van der Waals surface area contributed by atoms with E-state index >= 15 is 0 Å². The average Bonchev–Trinajstić information content (AvgIpc) is 2.74. The highest BCUT2D eigenvalue weighted by Gasteiger charge is 2.27. The second-order valence-corrected chi connectivity index (χ2v) is 9.75. The van der Waals surface area contributed by atoms with Crippen molar-refractivity contribution in [2.45, 2.75) is 38.6 Å².